The Labute approximate surface area is 105 Å². The van der Waals surface area contributed by atoms with Crippen molar-refractivity contribution in [3.8, 4) is 0 Å². The molecule has 1 heterocycles. The second kappa shape index (κ2) is 5.00. The summed E-state index contributed by atoms with van der Waals surface area (Å²) >= 11 is 0. The quantitative estimate of drug-likeness (QED) is 0.874. The summed E-state index contributed by atoms with van der Waals surface area (Å²) in [7, 11) is 0. The fourth-order valence-corrected chi connectivity index (χ4v) is 1.61. The molecule has 0 aliphatic carbocycles. The molecule has 0 saturated carbocycles. The standard InChI is InChI=1S/C13H15FN4/c1-3-12-17-11(15)7-13(18-12)16-9-4-5-10(14)8(2)6-9/h4-7H,3H2,1-2H3,(H3,15,16,17,18). The van der Waals surface area contributed by atoms with Gasteiger partial charge in [-0.25, -0.2) is 14.4 Å². The Kier molecular flexibility index (Phi) is 3.41. The van der Waals surface area contributed by atoms with E-state index in [9.17, 15) is 4.39 Å². The van der Waals surface area contributed by atoms with Gasteiger partial charge >= 0.3 is 0 Å². The van der Waals surface area contributed by atoms with Crippen LogP contribution in [0, 0.1) is 12.7 Å². The minimum atomic E-state index is -0.225. The fourth-order valence-electron chi connectivity index (χ4n) is 1.61. The summed E-state index contributed by atoms with van der Waals surface area (Å²) in [4.78, 5) is 8.40. The van der Waals surface area contributed by atoms with Crippen molar-refractivity contribution >= 4 is 17.3 Å². The first kappa shape index (κ1) is 12.3. The fraction of sp³-hybridized carbons (Fsp3) is 0.231. The third kappa shape index (κ3) is 2.74. The third-order valence-corrected chi connectivity index (χ3v) is 2.54. The monoisotopic (exact) mass is 246 g/mol. The largest absolute Gasteiger partial charge is 0.384 e. The second-order valence-electron chi connectivity index (χ2n) is 4.04. The zero-order valence-corrected chi connectivity index (χ0v) is 10.4. The van der Waals surface area contributed by atoms with Gasteiger partial charge in [-0.2, -0.15) is 0 Å². The van der Waals surface area contributed by atoms with Gasteiger partial charge in [0.2, 0.25) is 0 Å². The summed E-state index contributed by atoms with van der Waals surface area (Å²) in [6, 6.07) is 6.45. The minimum Gasteiger partial charge on any atom is -0.384 e. The first-order chi connectivity index (χ1) is 8.58. The Bertz CT molecular complexity index is 569. The van der Waals surface area contributed by atoms with E-state index in [0.29, 0.717) is 29.4 Å². The molecule has 0 amide bonds. The van der Waals surface area contributed by atoms with Crippen LogP contribution in [0.5, 0.6) is 0 Å². The molecule has 0 aliphatic rings. The number of aryl methyl sites for hydroxylation is 2. The topological polar surface area (TPSA) is 63.8 Å². The van der Waals surface area contributed by atoms with Crippen LogP contribution in [-0.2, 0) is 6.42 Å². The van der Waals surface area contributed by atoms with Gasteiger partial charge in [0.15, 0.2) is 0 Å². The van der Waals surface area contributed by atoms with E-state index in [-0.39, 0.29) is 5.82 Å². The zero-order chi connectivity index (χ0) is 13.1. The molecule has 2 aromatic rings. The average Bonchev–Trinajstić information content (AvgIpc) is 2.33. The number of nitrogens with two attached hydrogens (primary N) is 1. The van der Waals surface area contributed by atoms with Gasteiger partial charge in [0.1, 0.15) is 23.3 Å². The average molecular weight is 246 g/mol. The maximum Gasteiger partial charge on any atom is 0.136 e. The number of nitrogens with one attached hydrogen (secondary N) is 1. The summed E-state index contributed by atoms with van der Waals surface area (Å²) in [5, 5.41) is 3.09. The van der Waals surface area contributed by atoms with Crippen molar-refractivity contribution in [3.05, 3.63) is 41.5 Å². The summed E-state index contributed by atoms with van der Waals surface area (Å²) in [6.45, 7) is 3.67. The van der Waals surface area contributed by atoms with Crippen LogP contribution in [0.2, 0.25) is 0 Å². The highest BCUT2D eigenvalue weighted by Gasteiger charge is 2.03. The van der Waals surface area contributed by atoms with Crippen molar-refractivity contribution in [1.29, 1.82) is 0 Å². The lowest BCUT2D eigenvalue weighted by atomic mass is 10.2. The number of benzene rings is 1. The molecule has 0 aliphatic heterocycles. The van der Waals surface area contributed by atoms with E-state index in [1.807, 2.05) is 6.92 Å². The Morgan fingerprint density at radius 1 is 1.28 bits per heavy atom. The molecule has 0 unspecified atom stereocenters. The van der Waals surface area contributed by atoms with Crippen molar-refractivity contribution in [2.24, 2.45) is 0 Å². The van der Waals surface area contributed by atoms with E-state index in [1.54, 1.807) is 25.1 Å². The predicted molar refractivity (Wildman–Crippen MR) is 70.2 cm³/mol. The van der Waals surface area contributed by atoms with Crippen molar-refractivity contribution in [3.63, 3.8) is 0 Å². The number of halogens is 1. The predicted octanol–water partition coefficient (Wildman–Crippen LogP) is 2.81. The Balaban J connectivity index is 2.27. The molecule has 1 aromatic heterocycles. The van der Waals surface area contributed by atoms with E-state index in [4.69, 9.17) is 5.73 Å². The maximum absolute atomic E-state index is 13.1. The molecule has 0 spiro atoms. The lowest BCUT2D eigenvalue weighted by Gasteiger charge is -2.08. The van der Waals surface area contributed by atoms with E-state index < -0.39 is 0 Å². The van der Waals surface area contributed by atoms with Crippen LogP contribution in [0.15, 0.2) is 24.3 Å². The minimum absolute atomic E-state index is 0.225. The molecule has 0 atom stereocenters. The number of anilines is 3. The first-order valence-electron chi connectivity index (χ1n) is 5.75. The lowest BCUT2D eigenvalue weighted by Crippen LogP contribution is -2.03. The molecule has 1 aromatic carbocycles. The van der Waals surface area contributed by atoms with Gasteiger partial charge in [-0.05, 0) is 30.7 Å². The summed E-state index contributed by atoms with van der Waals surface area (Å²) in [5.74, 6) is 1.49. The van der Waals surface area contributed by atoms with Gasteiger partial charge in [-0.1, -0.05) is 6.92 Å². The number of nitrogens with zero attached hydrogens (tertiary/aromatic N) is 2. The van der Waals surface area contributed by atoms with Crippen molar-refractivity contribution in [1.82, 2.24) is 9.97 Å². The summed E-state index contributed by atoms with van der Waals surface area (Å²) in [5.41, 5.74) is 7.05. The SMILES string of the molecule is CCc1nc(N)cc(Nc2ccc(F)c(C)c2)n1. The number of hydrogen-bond acceptors (Lipinski definition) is 4. The van der Waals surface area contributed by atoms with Gasteiger partial charge in [0.25, 0.3) is 0 Å². The smallest absolute Gasteiger partial charge is 0.136 e. The molecule has 0 radical (unpaired) electrons. The van der Waals surface area contributed by atoms with Gasteiger partial charge in [-0.15, -0.1) is 0 Å². The highest BCUT2D eigenvalue weighted by Crippen LogP contribution is 2.19. The van der Waals surface area contributed by atoms with Gasteiger partial charge < -0.3 is 11.1 Å². The van der Waals surface area contributed by atoms with E-state index in [2.05, 4.69) is 15.3 Å². The summed E-state index contributed by atoms with van der Waals surface area (Å²) < 4.78 is 13.1. The molecule has 0 saturated heterocycles. The van der Waals surface area contributed by atoms with E-state index in [0.717, 1.165) is 5.69 Å². The molecule has 4 nitrogen and oxygen atoms in total. The molecular formula is C13H15FN4. The highest BCUT2D eigenvalue weighted by atomic mass is 19.1. The van der Waals surface area contributed by atoms with Crippen LogP contribution in [0.1, 0.15) is 18.3 Å². The van der Waals surface area contributed by atoms with Crippen molar-refractivity contribution in [2.75, 3.05) is 11.1 Å². The van der Waals surface area contributed by atoms with Gasteiger partial charge in [-0.3, -0.25) is 0 Å². The van der Waals surface area contributed by atoms with Crippen LogP contribution in [-0.4, -0.2) is 9.97 Å². The zero-order valence-electron chi connectivity index (χ0n) is 10.4. The number of aromatic nitrogens is 2. The van der Waals surface area contributed by atoms with E-state index in [1.165, 1.54) is 6.07 Å². The Morgan fingerprint density at radius 3 is 2.72 bits per heavy atom. The summed E-state index contributed by atoms with van der Waals surface area (Å²) in [6.07, 6.45) is 0.710. The van der Waals surface area contributed by atoms with Crippen LogP contribution in [0.25, 0.3) is 0 Å². The molecule has 3 N–H and O–H groups in total. The molecule has 2 rings (SSSR count). The van der Waals surface area contributed by atoms with Crippen LogP contribution < -0.4 is 11.1 Å². The molecule has 18 heavy (non-hydrogen) atoms. The molecule has 0 fully saturated rings. The number of nitrogen functional groups attached to an aromatic ring is 1. The van der Waals surface area contributed by atoms with Crippen LogP contribution in [0.3, 0.4) is 0 Å². The third-order valence-electron chi connectivity index (χ3n) is 2.54. The normalized spacial score (nSPS) is 10.4. The number of hydrogen-bond donors (Lipinski definition) is 2. The lowest BCUT2D eigenvalue weighted by molar-refractivity contribution is 0.619. The molecule has 0 bridgehead atoms. The second-order valence-corrected chi connectivity index (χ2v) is 4.04. The van der Waals surface area contributed by atoms with Gasteiger partial charge in [0.05, 0.1) is 0 Å². The van der Waals surface area contributed by atoms with E-state index >= 15 is 0 Å². The molecule has 5 heteroatoms. The molecule has 94 valence electrons. The Morgan fingerprint density at radius 2 is 2.06 bits per heavy atom. The maximum atomic E-state index is 13.1. The Hall–Kier alpha value is -2.17. The first-order valence-corrected chi connectivity index (χ1v) is 5.75. The molecular weight excluding hydrogens is 231 g/mol. The van der Waals surface area contributed by atoms with Crippen molar-refractivity contribution < 1.29 is 4.39 Å². The highest BCUT2D eigenvalue weighted by molar-refractivity contribution is 5.59. The number of rotatable bonds is 3. The van der Waals surface area contributed by atoms with Crippen LogP contribution in [0.4, 0.5) is 21.7 Å². The van der Waals surface area contributed by atoms with Crippen molar-refractivity contribution in [2.45, 2.75) is 20.3 Å². The van der Waals surface area contributed by atoms with Gasteiger partial charge in [0, 0.05) is 18.2 Å². The van der Waals surface area contributed by atoms with Crippen LogP contribution >= 0.6 is 0 Å².